The minimum Gasteiger partial charge on any atom is -0.310 e. The number of hydrogen-bond acceptors (Lipinski definition) is 1. The standard InChI is InChI=1S/C42H37N/c1-41(2)39-18-12-11-17-37(39)38-28-27-36(29-40(38)42(41,3)4)43(34-23-19-32(20-24-34)30-13-7-5-8-14-30)35-25-21-33(22-26-35)31-15-9-6-10-16-31/h5-29H,1-4H3/i5D,6D,7D,8D,9D,10D,13D,14D,15D,16D,19D,20D,21D,22D,23D,24D,25D,26D. The van der Waals surface area contributed by atoms with Crippen LogP contribution in [0.3, 0.4) is 0 Å². The van der Waals surface area contributed by atoms with Crippen molar-refractivity contribution < 1.29 is 24.7 Å². The van der Waals surface area contributed by atoms with Gasteiger partial charge in [0.25, 0.3) is 0 Å². The molecule has 0 atom stereocenters. The first-order valence-electron chi connectivity index (χ1n) is 22.7. The van der Waals surface area contributed by atoms with Crippen molar-refractivity contribution in [2.75, 3.05) is 4.90 Å². The van der Waals surface area contributed by atoms with Crippen LogP contribution in [0.5, 0.6) is 0 Å². The maximum Gasteiger partial charge on any atom is 0.0645 e. The lowest BCUT2D eigenvalue weighted by atomic mass is 9.55. The van der Waals surface area contributed by atoms with E-state index in [0.29, 0.717) is 0 Å². The van der Waals surface area contributed by atoms with Crippen molar-refractivity contribution in [2.45, 2.75) is 38.5 Å². The van der Waals surface area contributed by atoms with E-state index in [2.05, 4.69) is 13.8 Å². The lowest BCUT2D eigenvalue weighted by molar-refractivity contribution is 0.299. The summed E-state index contributed by atoms with van der Waals surface area (Å²) in [6, 6.07) is -1.13. The molecule has 0 radical (unpaired) electrons. The summed E-state index contributed by atoms with van der Waals surface area (Å²) in [5.41, 5.74) is -0.930. The molecular weight excluding hydrogens is 518 g/mol. The average molecular weight is 574 g/mol. The highest BCUT2D eigenvalue weighted by atomic mass is 15.1. The largest absolute Gasteiger partial charge is 0.310 e. The summed E-state index contributed by atoms with van der Waals surface area (Å²) in [5.74, 6) is 0. The molecule has 0 spiro atoms. The molecule has 0 aromatic heterocycles. The van der Waals surface area contributed by atoms with Gasteiger partial charge in [0.2, 0.25) is 0 Å². The van der Waals surface area contributed by atoms with Crippen LogP contribution in [0, 0.1) is 0 Å². The third-order valence-electron chi connectivity index (χ3n) is 8.56. The zero-order valence-corrected chi connectivity index (χ0v) is 24.0. The number of hydrogen-bond donors (Lipinski definition) is 0. The van der Waals surface area contributed by atoms with E-state index in [9.17, 15) is 11.0 Å². The van der Waals surface area contributed by atoms with Crippen LogP contribution < -0.4 is 4.90 Å². The fourth-order valence-corrected chi connectivity index (χ4v) is 5.57. The molecule has 1 aliphatic rings. The Labute approximate surface area is 281 Å². The Morgan fingerprint density at radius 2 is 0.884 bits per heavy atom. The molecule has 0 aliphatic heterocycles. The van der Waals surface area contributed by atoms with Gasteiger partial charge in [-0.05, 0) is 91.6 Å². The van der Waals surface area contributed by atoms with Gasteiger partial charge >= 0.3 is 0 Å². The number of rotatable bonds is 5. The summed E-state index contributed by atoms with van der Waals surface area (Å²) in [6.45, 7) is 8.23. The van der Waals surface area contributed by atoms with Crippen LogP contribution in [0.4, 0.5) is 17.1 Å². The molecule has 0 fully saturated rings. The lowest BCUT2D eigenvalue weighted by Crippen LogP contribution is -2.43. The summed E-state index contributed by atoms with van der Waals surface area (Å²) in [5, 5.41) is 0. The lowest BCUT2D eigenvalue weighted by Gasteiger charge is -2.48. The topological polar surface area (TPSA) is 3.24 Å². The normalized spacial score (nSPS) is 20.3. The molecule has 0 amide bonds. The van der Waals surface area contributed by atoms with Gasteiger partial charge in [0.1, 0.15) is 0 Å². The van der Waals surface area contributed by atoms with Gasteiger partial charge in [-0.25, -0.2) is 0 Å². The second-order valence-electron chi connectivity index (χ2n) is 11.3. The minimum atomic E-state index is -0.820. The highest BCUT2D eigenvalue weighted by molar-refractivity contribution is 5.84. The van der Waals surface area contributed by atoms with Gasteiger partial charge in [0.05, 0.1) is 24.7 Å². The fraction of sp³-hybridized carbons (Fsp3) is 0.143. The van der Waals surface area contributed by atoms with Crippen LogP contribution in [-0.4, -0.2) is 0 Å². The van der Waals surface area contributed by atoms with E-state index in [1.165, 1.54) is 0 Å². The Kier molecular flexibility index (Phi) is 3.30. The van der Waals surface area contributed by atoms with E-state index in [0.717, 1.165) is 27.2 Å². The van der Waals surface area contributed by atoms with Gasteiger partial charge in [-0.2, -0.15) is 0 Å². The predicted molar refractivity (Wildman–Crippen MR) is 183 cm³/mol. The molecule has 0 unspecified atom stereocenters. The molecule has 0 bridgehead atoms. The monoisotopic (exact) mass is 573 g/mol. The Morgan fingerprint density at radius 3 is 1.42 bits per heavy atom. The predicted octanol–water partition coefficient (Wildman–Crippen LogP) is 11.7. The first-order valence-corrected chi connectivity index (χ1v) is 13.7. The van der Waals surface area contributed by atoms with Gasteiger partial charge in [-0.15, -0.1) is 0 Å². The number of benzene rings is 6. The average Bonchev–Trinajstić information content (AvgIpc) is 3.23. The molecule has 0 N–H and O–H groups in total. The van der Waals surface area contributed by atoms with Crippen LogP contribution >= 0.6 is 0 Å². The Bertz CT molecular complexity index is 2670. The van der Waals surface area contributed by atoms with Crippen LogP contribution in [0.2, 0.25) is 0 Å². The van der Waals surface area contributed by atoms with E-state index >= 15 is 0 Å². The van der Waals surface area contributed by atoms with Crippen molar-refractivity contribution in [3.05, 3.63) is 162 Å². The molecule has 210 valence electrons. The van der Waals surface area contributed by atoms with Crippen LogP contribution in [0.1, 0.15) is 63.5 Å². The molecule has 6 aromatic carbocycles. The molecule has 7 rings (SSSR count). The Balaban J connectivity index is 1.62. The van der Waals surface area contributed by atoms with Gasteiger partial charge in [0, 0.05) is 17.1 Å². The van der Waals surface area contributed by atoms with Crippen LogP contribution in [-0.2, 0) is 10.8 Å². The van der Waals surface area contributed by atoms with Crippen molar-refractivity contribution in [3.63, 3.8) is 0 Å². The zero-order valence-electron chi connectivity index (χ0n) is 42.0. The quantitative estimate of drug-likeness (QED) is 0.198. The minimum absolute atomic E-state index is 0.0923. The van der Waals surface area contributed by atoms with E-state index < -0.39 is 153 Å². The highest BCUT2D eigenvalue weighted by Crippen LogP contribution is 2.54. The summed E-state index contributed by atoms with van der Waals surface area (Å²) in [4.78, 5) is 1.06. The molecule has 0 saturated carbocycles. The molecule has 1 aliphatic carbocycles. The van der Waals surface area contributed by atoms with Gasteiger partial charge in [-0.1, -0.05) is 143 Å². The van der Waals surface area contributed by atoms with Crippen molar-refractivity contribution in [1.82, 2.24) is 0 Å². The molecule has 43 heavy (non-hydrogen) atoms. The first-order chi connectivity index (χ1) is 28.3. The summed E-state index contributed by atoms with van der Waals surface area (Å²) >= 11 is 0. The van der Waals surface area contributed by atoms with Crippen molar-refractivity contribution in [3.8, 4) is 33.4 Å². The van der Waals surface area contributed by atoms with E-state index in [1.807, 2.05) is 38.1 Å². The first kappa shape index (κ1) is 13.6. The SMILES string of the molecule is [2H]c1c([2H])c([2H])c(-c2c([2H])c([2H])c(N(c3ccc4c(c3)C(C)(C)C(C)(C)c3ccccc3-4)c3c([2H])c([2H])c(-c4c([2H])c([2H])c([2H])c([2H])c4[2H])c([2H])c3[2H])c([2H])c2[2H])c([2H])c1[2H]. The molecule has 6 aromatic rings. The third-order valence-corrected chi connectivity index (χ3v) is 8.56. The molecular formula is C42H37N. The van der Waals surface area contributed by atoms with Crippen molar-refractivity contribution in [2.24, 2.45) is 0 Å². The Morgan fingerprint density at radius 1 is 0.442 bits per heavy atom. The second-order valence-corrected chi connectivity index (χ2v) is 11.3. The molecule has 1 heteroatoms. The van der Waals surface area contributed by atoms with Gasteiger partial charge in [0.15, 0.2) is 0 Å². The number of fused-ring (bicyclic) bond motifs is 3. The smallest absolute Gasteiger partial charge is 0.0645 e. The van der Waals surface area contributed by atoms with E-state index in [-0.39, 0.29) is 5.69 Å². The van der Waals surface area contributed by atoms with Gasteiger partial charge < -0.3 is 4.90 Å². The number of anilines is 3. The molecule has 0 saturated heterocycles. The van der Waals surface area contributed by atoms with E-state index in [4.69, 9.17) is 13.7 Å². The maximum atomic E-state index is 9.41. The van der Waals surface area contributed by atoms with Crippen molar-refractivity contribution >= 4 is 17.1 Å². The summed E-state index contributed by atoms with van der Waals surface area (Å²) in [7, 11) is 0. The van der Waals surface area contributed by atoms with Crippen LogP contribution in [0.25, 0.3) is 33.4 Å². The molecule has 1 nitrogen and oxygen atoms in total. The molecule has 0 heterocycles. The summed E-state index contributed by atoms with van der Waals surface area (Å²) in [6.07, 6.45) is 0. The summed E-state index contributed by atoms with van der Waals surface area (Å²) < 4.78 is 158. The Hall–Kier alpha value is -4.88. The maximum absolute atomic E-state index is 9.41. The van der Waals surface area contributed by atoms with E-state index in [1.54, 1.807) is 18.2 Å². The second kappa shape index (κ2) is 10.4. The van der Waals surface area contributed by atoms with Crippen molar-refractivity contribution in [1.29, 1.82) is 0 Å². The number of nitrogens with zero attached hydrogens (tertiary/aromatic N) is 1. The fourth-order valence-electron chi connectivity index (χ4n) is 5.57. The highest BCUT2D eigenvalue weighted by Gasteiger charge is 2.45. The van der Waals surface area contributed by atoms with Crippen LogP contribution in [0.15, 0.2) is 151 Å². The zero-order chi connectivity index (χ0) is 45.3. The third kappa shape index (κ3) is 4.57. The van der Waals surface area contributed by atoms with Gasteiger partial charge in [-0.3, -0.25) is 0 Å².